The van der Waals surface area contributed by atoms with Gasteiger partial charge in [-0.3, -0.25) is 4.57 Å². The number of hydrogen-bond acceptors (Lipinski definition) is 3. The van der Waals surface area contributed by atoms with Gasteiger partial charge >= 0.3 is 0 Å². The van der Waals surface area contributed by atoms with Gasteiger partial charge in [-0.05, 0) is 76.1 Å². The Bertz CT molecular complexity index is 3400. The van der Waals surface area contributed by atoms with Crippen molar-refractivity contribution in [1.29, 1.82) is 0 Å². The SMILES string of the molecule is c1ccc(-c2cc(-c3ccccc3)nc(-c3ccc4cc(-n5c6cccc7ccc8c9c%10ccccc%10n(-c%10ccccn%10)c9cc5c8c76)ccc4c3)n2)cc1. The molecule has 260 valence electrons. The van der Waals surface area contributed by atoms with Crippen molar-refractivity contribution < 1.29 is 0 Å². The van der Waals surface area contributed by atoms with Gasteiger partial charge in [-0.1, -0.05) is 127 Å². The minimum Gasteiger partial charge on any atom is -0.309 e. The average molecular weight is 714 g/mol. The summed E-state index contributed by atoms with van der Waals surface area (Å²) in [7, 11) is 0. The first-order valence-corrected chi connectivity index (χ1v) is 18.9. The fraction of sp³-hybridized carbons (Fsp3) is 0. The van der Waals surface area contributed by atoms with E-state index in [9.17, 15) is 0 Å². The fourth-order valence-electron chi connectivity index (χ4n) is 8.82. The number of fused-ring (bicyclic) bond motifs is 5. The van der Waals surface area contributed by atoms with E-state index in [1.54, 1.807) is 0 Å². The van der Waals surface area contributed by atoms with Crippen LogP contribution in [0.4, 0.5) is 0 Å². The molecule has 0 fully saturated rings. The van der Waals surface area contributed by atoms with Crippen LogP contribution in [-0.2, 0) is 0 Å². The molecule has 0 aliphatic heterocycles. The Kier molecular flexibility index (Phi) is 6.56. The summed E-state index contributed by atoms with van der Waals surface area (Å²) < 4.78 is 4.75. The molecule has 4 heterocycles. The maximum atomic E-state index is 5.10. The van der Waals surface area contributed by atoms with E-state index in [0.29, 0.717) is 5.82 Å². The number of aromatic nitrogens is 5. The quantitative estimate of drug-likeness (QED) is 0.167. The van der Waals surface area contributed by atoms with Gasteiger partial charge in [-0.25, -0.2) is 15.0 Å². The summed E-state index contributed by atoms with van der Waals surface area (Å²) in [6, 6.07) is 64.6. The predicted octanol–water partition coefficient (Wildman–Crippen LogP) is 12.8. The van der Waals surface area contributed by atoms with Crippen LogP contribution < -0.4 is 0 Å². The lowest BCUT2D eigenvalue weighted by atomic mass is 9.98. The van der Waals surface area contributed by atoms with Gasteiger partial charge in [-0.15, -0.1) is 0 Å². The normalized spacial score (nSPS) is 11.9. The molecule has 0 aliphatic carbocycles. The second-order valence-corrected chi connectivity index (χ2v) is 14.5. The molecule has 12 aromatic rings. The summed E-state index contributed by atoms with van der Waals surface area (Å²) in [4.78, 5) is 15.0. The summed E-state index contributed by atoms with van der Waals surface area (Å²) in [5, 5.41) is 9.83. The Balaban J connectivity index is 1.06. The minimum atomic E-state index is 0.705. The molecule has 0 spiro atoms. The number of nitrogens with zero attached hydrogens (tertiary/aromatic N) is 5. The first-order valence-electron chi connectivity index (χ1n) is 18.9. The highest BCUT2D eigenvalue weighted by Gasteiger charge is 2.23. The van der Waals surface area contributed by atoms with Crippen molar-refractivity contribution in [3.8, 4) is 45.4 Å². The van der Waals surface area contributed by atoms with Gasteiger partial charge in [0.25, 0.3) is 0 Å². The van der Waals surface area contributed by atoms with Crippen molar-refractivity contribution in [3.05, 3.63) is 188 Å². The molecular weight excluding hydrogens is 683 g/mol. The van der Waals surface area contributed by atoms with Gasteiger partial charge < -0.3 is 4.57 Å². The number of benzene rings is 8. The van der Waals surface area contributed by atoms with E-state index in [-0.39, 0.29) is 0 Å². The first-order chi connectivity index (χ1) is 27.8. The van der Waals surface area contributed by atoms with Crippen LogP contribution in [-0.4, -0.2) is 24.1 Å². The van der Waals surface area contributed by atoms with Gasteiger partial charge in [0, 0.05) is 50.1 Å². The minimum absolute atomic E-state index is 0.705. The fourth-order valence-corrected chi connectivity index (χ4v) is 8.82. The predicted molar refractivity (Wildman–Crippen MR) is 231 cm³/mol. The van der Waals surface area contributed by atoms with Crippen molar-refractivity contribution in [2.24, 2.45) is 0 Å². The number of pyridine rings is 1. The van der Waals surface area contributed by atoms with E-state index < -0.39 is 0 Å². The van der Waals surface area contributed by atoms with Crippen LogP contribution in [0.1, 0.15) is 0 Å². The monoisotopic (exact) mass is 713 g/mol. The zero-order valence-corrected chi connectivity index (χ0v) is 30.1. The van der Waals surface area contributed by atoms with Crippen LogP contribution in [0.3, 0.4) is 0 Å². The maximum absolute atomic E-state index is 5.10. The average Bonchev–Trinajstić information content (AvgIpc) is 3.79. The van der Waals surface area contributed by atoms with E-state index in [1.165, 1.54) is 43.4 Å². The number of para-hydroxylation sites is 1. The molecule has 5 heteroatoms. The molecule has 4 aromatic heterocycles. The molecule has 0 radical (unpaired) electrons. The standard InChI is InChI=1S/C51H31N5/c1-3-12-32(13-4-1)41-30-42(33-14-5-2-6-15-33)54-51(53-41)37-22-21-36-29-38(25-23-35(36)28-37)55-44-19-11-16-34-24-26-40-49-39-17-7-8-18-43(39)56(47-20-9-10-27-52-47)45(49)31-46(55)50(40)48(34)44/h1-31H. The molecule has 0 N–H and O–H groups in total. The van der Waals surface area contributed by atoms with Gasteiger partial charge in [0.15, 0.2) is 5.82 Å². The molecule has 0 atom stereocenters. The highest BCUT2D eigenvalue weighted by molar-refractivity contribution is 6.33. The zero-order chi connectivity index (χ0) is 36.7. The first kappa shape index (κ1) is 30.8. The van der Waals surface area contributed by atoms with Crippen LogP contribution in [0.2, 0.25) is 0 Å². The molecule has 12 rings (SSSR count). The Morgan fingerprint density at radius 2 is 1.04 bits per heavy atom. The van der Waals surface area contributed by atoms with E-state index in [0.717, 1.165) is 61.4 Å². The molecule has 0 amide bonds. The van der Waals surface area contributed by atoms with Crippen LogP contribution in [0, 0.1) is 0 Å². The third-order valence-electron chi connectivity index (χ3n) is 11.3. The molecule has 8 aromatic carbocycles. The van der Waals surface area contributed by atoms with Crippen LogP contribution >= 0.6 is 0 Å². The molecule has 56 heavy (non-hydrogen) atoms. The summed E-state index contributed by atoms with van der Waals surface area (Å²) in [5.41, 5.74) is 10.7. The van der Waals surface area contributed by atoms with E-state index in [1.807, 2.05) is 24.4 Å². The van der Waals surface area contributed by atoms with Gasteiger partial charge in [-0.2, -0.15) is 0 Å². The Morgan fingerprint density at radius 3 is 1.82 bits per heavy atom. The molecule has 0 saturated carbocycles. The number of hydrogen-bond donors (Lipinski definition) is 0. The highest BCUT2D eigenvalue weighted by atomic mass is 15.1. The van der Waals surface area contributed by atoms with Crippen molar-refractivity contribution in [2.75, 3.05) is 0 Å². The van der Waals surface area contributed by atoms with E-state index >= 15 is 0 Å². The molecule has 0 bridgehead atoms. The summed E-state index contributed by atoms with van der Waals surface area (Å²) in [6.07, 6.45) is 1.87. The summed E-state index contributed by atoms with van der Waals surface area (Å²) >= 11 is 0. The van der Waals surface area contributed by atoms with E-state index in [2.05, 4.69) is 173 Å². The van der Waals surface area contributed by atoms with Crippen LogP contribution in [0.15, 0.2) is 188 Å². The topological polar surface area (TPSA) is 48.5 Å². The smallest absolute Gasteiger partial charge is 0.160 e. The molecule has 5 nitrogen and oxygen atoms in total. The molecule has 0 saturated heterocycles. The summed E-state index contributed by atoms with van der Waals surface area (Å²) in [6.45, 7) is 0. The van der Waals surface area contributed by atoms with Crippen LogP contribution in [0.25, 0.3) is 111 Å². The summed E-state index contributed by atoms with van der Waals surface area (Å²) in [5.74, 6) is 1.61. The molecular formula is C51H31N5. The Labute approximate surface area is 321 Å². The van der Waals surface area contributed by atoms with Crippen molar-refractivity contribution in [2.45, 2.75) is 0 Å². The third-order valence-corrected chi connectivity index (χ3v) is 11.3. The lowest BCUT2D eigenvalue weighted by molar-refractivity contribution is 1.08. The van der Waals surface area contributed by atoms with Crippen molar-refractivity contribution >= 4 is 65.2 Å². The molecule has 0 aliphatic rings. The van der Waals surface area contributed by atoms with Crippen LogP contribution in [0.5, 0.6) is 0 Å². The Hall–Kier alpha value is -7.63. The lowest BCUT2D eigenvalue weighted by Crippen LogP contribution is -1.98. The van der Waals surface area contributed by atoms with Gasteiger partial charge in [0.1, 0.15) is 5.82 Å². The lowest BCUT2D eigenvalue weighted by Gasteiger charge is -2.12. The third kappa shape index (κ3) is 4.58. The largest absolute Gasteiger partial charge is 0.309 e. The number of rotatable bonds is 5. The second kappa shape index (κ2) is 11.9. The maximum Gasteiger partial charge on any atom is 0.160 e. The van der Waals surface area contributed by atoms with Gasteiger partial charge in [0.2, 0.25) is 0 Å². The highest BCUT2D eigenvalue weighted by Crippen LogP contribution is 2.45. The zero-order valence-electron chi connectivity index (χ0n) is 30.1. The Morgan fingerprint density at radius 1 is 0.357 bits per heavy atom. The van der Waals surface area contributed by atoms with Crippen molar-refractivity contribution in [3.63, 3.8) is 0 Å². The van der Waals surface area contributed by atoms with Crippen molar-refractivity contribution in [1.82, 2.24) is 24.1 Å². The van der Waals surface area contributed by atoms with E-state index in [4.69, 9.17) is 15.0 Å². The van der Waals surface area contributed by atoms with Gasteiger partial charge in [0.05, 0.1) is 33.5 Å². The molecule has 0 unspecified atom stereocenters. The second-order valence-electron chi connectivity index (χ2n) is 14.5.